The lowest BCUT2D eigenvalue weighted by Crippen LogP contribution is -1.98. The molecule has 0 heterocycles. The molecule has 2 nitrogen and oxygen atoms in total. The highest BCUT2D eigenvalue weighted by molar-refractivity contribution is 6.30. The molecular formula is C13H9Cl2NO. The Labute approximate surface area is 109 Å². The van der Waals surface area contributed by atoms with Crippen LogP contribution in [0.25, 0.3) is 0 Å². The molecule has 0 spiro atoms. The van der Waals surface area contributed by atoms with Crippen molar-refractivity contribution in [3.05, 3.63) is 69.3 Å². The first-order valence-electron chi connectivity index (χ1n) is 4.97. The lowest BCUT2D eigenvalue weighted by molar-refractivity contribution is -0.354. The van der Waals surface area contributed by atoms with Crippen molar-refractivity contribution >= 4 is 35.1 Å². The van der Waals surface area contributed by atoms with Crippen LogP contribution in [0.15, 0.2) is 48.5 Å². The summed E-state index contributed by atoms with van der Waals surface area (Å²) in [5, 5.41) is 13.0. The normalized spacial score (nSPS) is 11.5. The highest BCUT2D eigenvalue weighted by Gasteiger charge is 2.01. The molecule has 4 heteroatoms. The van der Waals surface area contributed by atoms with Crippen LogP contribution in [0.1, 0.15) is 5.56 Å². The van der Waals surface area contributed by atoms with Crippen LogP contribution in [0.5, 0.6) is 0 Å². The van der Waals surface area contributed by atoms with E-state index in [1.165, 1.54) is 6.21 Å². The minimum atomic E-state index is 0.532. The summed E-state index contributed by atoms with van der Waals surface area (Å²) in [5.74, 6) is 0. The molecule has 0 bridgehead atoms. The first-order chi connectivity index (χ1) is 8.15. The smallest absolute Gasteiger partial charge is 0.216 e. The highest BCUT2D eigenvalue weighted by Crippen LogP contribution is 2.16. The zero-order valence-electron chi connectivity index (χ0n) is 8.81. The van der Waals surface area contributed by atoms with E-state index in [1.54, 1.807) is 48.5 Å². The third kappa shape index (κ3) is 3.22. The Balaban J connectivity index is 2.27. The zero-order valence-corrected chi connectivity index (χ0v) is 10.3. The molecule has 0 atom stereocenters. The van der Waals surface area contributed by atoms with Crippen LogP contribution in [0.2, 0.25) is 10.0 Å². The van der Waals surface area contributed by atoms with Gasteiger partial charge in [-0.05, 0) is 36.4 Å². The van der Waals surface area contributed by atoms with Crippen LogP contribution in [0.3, 0.4) is 0 Å². The van der Waals surface area contributed by atoms with Gasteiger partial charge in [-0.3, -0.25) is 0 Å². The molecule has 17 heavy (non-hydrogen) atoms. The first-order valence-corrected chi connectivity index (χ1v) is 5.73. The molecule has 0 N–H and O–H groups in total. The Kier molecular flexibility index (Phi) is 3.67. The third-order valence-electron chi connectivity index (χ3n) is 2.22. The molecule has 0 saturated carbocycles. The maximum absolute atomic E-state index is 11.8. The fraction of sp³-hybridized carbons (Fsp3) is 0. The van der Waals surface area contributed by atoms with E-state index in [-0.39, 0.29) is 0 Å². The van der Waals surface area contributed by atoms with E-state index in [9.17, 15) is 5.21 Å². The van der Waals surface area contributed by atoms with Gasteiger partial charge in [0.05, 0.1) is 0 Å². The molecule has 0 aromatic heterocycles. The van der Waals surface area contributed by atoms with Gasteiger partial charge in [0.2, 0.25) is 5.69 Å². The Morgan fingerprint density at radius 1 is 0.824 bits per heavy atom. The summed E-state index contributed by atoms with van der Waals surface area (Å²) in [4.78, 5) is 0. The standard InChI is InChI=1S/C13H9Cl2NO/c14-11-3-1-10(2-4-11)9-16(17)13-7-5-12(15)6-8-13/h1-9H. The number of hydrogen-bond donors (Lipinski definition) is 0. The SMILES string of the molecule is [O-][N+](=Cc1ccc(Cl)cc1)c1ccc(Cl)cc1. The molecule has 2 aromatic carbocycles. The molecule has 2 aromatic rings. The van der Waals surface area contributed by atoms with E-state index in [4.69, 9.17) is 23.2 Å². The van der Waals surface area contributed by atoms with Crippen molar-refractivity contribution in [1.82, 2.24) is 0 Å². The molecule has 0 aliphatic heterocycles. The van der Waals surface area contributed by atoms with E-state index >= 15 is 0 Å². The van der Waals surface area contributed by atoms with Gasteiger partial charge in [-0.25, -0.2) is 0 Å². The summed E-state index contributed by atoms with van der Waals surface area (Å²) in [6.45, 7) is 0. The van der Waals surface area contributed by atoms with E-state index in [2.05, 4.69) is 0 Å². The van der Waals surface area contributed by atoms with Crippen LogP contribution < -0.4 is 0 Å². The lowest BCUT2D eigenvalue weighted by atomic mass is 10.2. The monoisotopic (exact) mass is 265 g/mol. The average Bonchev–Trinajstić information content (AvgIpc) is 2.33. The first kappa shape index (κ1) is 12.0. The summed E-state index contributed by atoms with van der Waals surface area (Å²) >= 11 is 11.5. The van der Waals surface area contributed by atoms with E-state index in [0.717, 1.165) is 10.3 Å². The highest BCUT2D eigenvalue weighted by atomic mass is 35.5. The topological polar surface area (TPSA) is 26.1 Å². The molecule has 0 aliphatic rings. The van der Waals surface area contributed by atoms with Crippen molar-refractivity contribution in [3.63, 3.8) is 0 Å². The van der Waals surface area contributed by atoms with Gasteiger partial charge in [0, 0.05) is 27.7 Å². The fourth-order valence-electron chi connectivity index (χ4n) is 1.35. The number of halogens is 2. The molecule has 0 aliphatic carbocycles. The van der Waals surface area contributed by atoms with E-state index in [1.807, 2.05) is 0 Å². The van der Waals surface area contributed by atoms with Gasteiger partial charge in [0.1, 0.15) is 0 Å². The van der Waals surface area contributed by atoms with Crippen molar-refractivity contribution < 1.29 is 4.74 Å². The Morgan fingerprint density at radius 3 is 1.82 bits per heavy atom. The molecule has 2 rings (SSSR count). The number of benzene rings is 2. The van der Waals surface area contributed by atoms with Gasteiger partial charge in [0.25, 0.3) is 0 Å². The van der Waals surface area contributed by atoms with Gasteiger partial charge >= 0.3 is 0 Å². The molecule has 86 valence electrons. The van der Waals surface area contributed by atoms with Crippen LogP contribution in [-0.2, 0) is 0 Å². The summed E-state index contributed by atoms with van der Waals surface area (Å²) in [7, 11) is 0. The maximum atomic E-state index is 11.8. The Bertz CT molecular complexity index is 532. The van der Waals surface area contributed by atoms with Crippen molar-refractivity contribution in [2.75, 3.05) is 0 Å². The second-order valence-corrected chi connectivity index (χ2v) is 4.36. The molecule has 0 radical (unpaired) electrons. The van der Waals surface area contributed by atoms with Crippen molar-refractivity contribution in [2.24, 2.45) is 0 Å². The number of nitrogens with zero attached hydrogens (tertiary/aromatic N) is 1. The molecule has 0 fully saturated rings. The maximum Gasteiger partial charge on any atom is 0.216 e. The quantitative estimate of drug-likeness (QED) is 0.345. The fourth-order valence-corrected chi connectivity index (χ4v) is 1.60. The predicted octanol–water partition coefficient (Wildman–Crippen LogP) is 4.25. The van der Waals surface area contributed by atoms with E-state index < -0.39 is 0 Å². The van der Waals surface area contributed by atoms with Gasteiger partial charge in [0.15, 0.2) is 6.21 Å². The predicted molar refractivity (Wildman–Crippen MR) is 71.4 cm³/mol. The van der Waals surface area contributed by atoms with Crippen LogP contribution >= 0.6 is 23.2 Å². The van der Waals surface area contributed by atoms with Crippen molar-refractivity contribution in [2.45, 2.75) is 0 Å². The summed E-state index contributed by atoms with van der Waals surface area (Å²) in [6, 6.07) is 13.7. The summed E-state index contributed by atoms with van der Waals surface area (Å²) in [6.07, 6.45) is 1.49. The largest absolute Gasteiger partial charge is 0.618 e. The number of hydrogen-bond acceptors (Lipinski definition) is 1. The van der Waals surface area contributed by atoms with E-state index in [0.29, 0.717) is 15.7 Å². The van der Waals surface area contributed by atoms with Gasteiger partial charge in [-0.2, -0.15) is 4.74 Å². The van der Waals surface area contributed by atoms with Crippen molar-refractivity contribution in [1.29, 1.82) is 0 Å². The van der Waals surface area contributed by atoms with Gasteiger partial charge in [-0.1, -0.05) is 23.2 Å². The van der Waals surface area contributed by atoms with Crippen LogP contribution in [0, 0.1) is 5.21 Å². The lowest BCUT2D eigenvalue weighted by Gasteiger charge is -2.02. The van der Waals surface area contributed by atoms with Crippen LogP contribution in [0.4, 0.5) is 5.69 Å². The Hall–Kier alpha value is -1.51. The second-order valence-electron chi connectivity index (χ2n) is 3.48. The molecule has 0 unspecified atom stereocenters. The zero-order chi connectivity index (χ0) is 12.3. The summed E-state index contributed by atoms with van der Waals surface area (Å²) < 4.78 is 0.791. The summed E-state index contributed by atoms with van der Waals surface area (Å²) in [5.41, 5.74) is 1.32. The Morgan fingerprint density at radius 2 is 1.29 bits per heavy atom. The molecular weight excluding hydrogens is 257 g/mol. The minimum absolute atomic E-state index is 0.532. The number of rotatable bonds is 2. The van der Waals surface area contributed by atoms with Gasteiger partial charge in [-0.15, -0.1) is 0 Å². The third-order valence-corrected chi connectivity index (χ3v) is 2.72. The second kappa shape index (κ2) is 5.21. The molecule has 0 amide bonds. The average molecular weight is 266 g/mol. The minimum Gasteiger partial charge on any atom is -0.618 e. The molecule has 0 saturated heterocycles. The van der Waals surface area contributed by atoms with Crippen LogP contribution in [-0.4, -0.2) is 11.0 Å². The van der Waals surface area contributed by atoms with Crippen molar-refractivity contribution in [3.8, 4) is 0 Å². The van der Waals surface area contributed by atoms with Gasteiger partial charge < -0.3 is 5.21 Å².